The summed E-state index contributed by atoms with van der Waals surface area (Å²) in [5.74, 6) is -1.56. The summed E-state index contributed by atoms with van der Waals surface area (Å²) >= 11 is 0. The lowest BCUT2D eigenvalue weighted by Crippen LogP contribution is -2.31. The molecule has 0 atom stereocenters. The first-order valence-corrected chi connectivity index (χ1v) is 8.71. The maximum Gasteiger partial charge on any atom is 0.307 e. The Kier molecular flexibility index (Phi) is 7.70. The number of carbonyl (C=O) groups excluding carboxylic acids is 2. The maximum atomic E-state index is 12.1. The van der Waals surface area contributed by atoms with E-state index in [-0.39, 0.29) is 17.1 Å². The molecule has 1 aromatic carbocycles. The van der Waals surface area contributed by atoms with Gasteiger partial charge in [0.05, 0.1) is 23.7 Å². The number of esters is 1. The summed E-state index contributed by atoms with van der Waals surface area (Å²) in [4.78, 5) is 23.0. The fourth-order valence-corrected chi connectivity index (χ4v) is 2.86. The first-order chi connectivity index (χ1) is 10.8. The molecule has 1 amide bonds. The van der Waals surface area contributed by atoms with Gasteiger partial charge in [0.1, 0.15) is 0 Å². The van der Waals surface area contributed by atoms with Crippen LogP contribution in [0.2, 0.25) is 0 Å². The third-order valence-electron chi connectivity index (χ3n) is 2.95. The molecule has 0 unspecified atom stereocenters. The zero-order valence-corrected chi connectivity index (χ0v) is 14.0. The highest BCUT2D eigenvalue weighted by atomic mass is 32.2. The highest BCUT2D eigenvalue weighted by Crippen LogP contribution is 2.13. The lowest BCUT2D eigenvalue weighted by Gasteiger charge is -2.07. The number of hydrogen-bond donors (Lipinski definition) is 1. The van der Waals surface area contributed by atoms with E-state index in [1.807, 2.05) is 6.92 Å². The van der Waals surface area contributed by atoms with E-state index in [1.165, 1.54) is 19.2 Å². The smallest absolute Gasteiger partial charge is 0.307 e. The molecule has 0 aromatic heterocycles. The molecule has 8 heteroatoms. The summed E-state index contributed by atoms with van der Waals surface area (Å²) in [7, 11) is -2.05. The highest BCUT2D eigenvalue weighted by Gasteiger charge is 2.17. The lowest BCUT2D eigenvalue weighted by molar-refractivity contribution is -0.148. The van der Waals surface area contributed by atoms with Crippen LogP contribution >= 0.6 is 0 Å². The first-order valence-electron chi connectivity index (χ1n) is 7.06. The van der Waals surface area contributed by atoms with E-state index in [0.717, 1.165) is 5.56 Å². The quantitative estimate of drug-likeness (QED) is 0.517. The summed E-state index contributed by atoms with van der Waals surface area (Å²) in [6, 6.07) is 6.38. The molecule has 7 nitrogen and oxygen atoms in total. The summed E-state index contributed by atoms with van der Waals surface area (Å²) < 4.78 is 33.6. The molecule has 1 aromatic rings. The van der Waals surface area contributed by atoms with E-state index < -0.39 is 28.3 Å². The Morgan fingerprint density at radius 1 is 1.17 bits per heavy atom. The number of benzene rings is 1. The Bertz CT molecular complexity index is 624. The second-order valence-electron chi connectivity index (χ2n) is 4.89. The SMILES string of the molecule is COCCNC(=O)COC(=O)CCS(=O)(=O)c1ccc(C)cc1. The van der Waals surface area contributed by atoms with E-state index in [2.05, 4.69) is 5.32 Å². The monoisotopic (exact) mass is 343 g/mol. The average Bonchev–Trinajstić information content (AvgIpc) is 2.52. The summed E-state index contributed by atoms with van der Waals surface area (Å²) in [5, 5.41) is 2.48. The number of methoxy groups -OCH3 is 1. The molecule has 0 bridgehead atoms. The second kappa shape index (κ2) is 9.26. The van der Waals surface area contributed by atoms with Crippen molar-refractivity contribution in [2.45, 2.75) is 18.2 Å². The fourth-order valence-electron chi connectivity index (χ4n) is 1.64. The number of hydrogen-bond acceptors (Lipinski definition) is 6. The minimum absolute atomic E-state index is 0.160. The molecule has 0 aliphatic rings. The zero-order chi connectivity index (χ0) is 17.3. The van der Waals surface area contributed by atoms with Gasteiger partial charge in [0, 0.05) is 13.7 Å². The van der Waals surface area contributed by atoms with Crippen LogP contribution in [-0.2, 0) is 28.9 Å². The molecule has 23 heavy (non-hydrogen) atoms. The Hall–Kier alpha value is -1.93. The predicted octanol–water partition coefficient (Wildman–Crippen LogP) is 0.465. The van der Waals surface area contributed by atoms with Crippen LogP contribution in [0.4, 0.5) is 0 Å². The van der Waals surface area contributed by atoms with Crippen molar-refractivity contribution in [3.63, 3.8) is 0 Å². The summed E-state index contributed by atoms with van der Waals surface area (Å²) in [6.07, 6.45) is -0.304. The molecule has 0 radical (unpaired) electrons. The number of nitrogens with one attached hydrogen (secondary N) is 1. The molecule has 128 valence electrons. The van der Waals surface area contributed by atoms with Crippen molar-refractivity contribution < 1.29 is 27.5 Å². The van der Waals surface area contributed by atoms with E-state index in [1.54, 1.807) is 12.1 Å². The van der Waals surface area contributed by atoms with Gasteiger partial charge in [0.15, 0.2) is 16.4 Å². The van der Waals surface area contributed by atoms with E-state index >= 15 is 0 Å². The Morgan fingerprint density at radius 3 is 2.43 bits per heavy atom. The van der Waals surface area contributed by atoms with Crippen molar-refractivity contribution in [1.82, 2.24) is 5.32 Å². The number of ether oxygens (including phenoxy) is 2. The number of rotatable bonds is 9. The topological polar surface area (TPSA) is 98.8 Å². The van der Waals surface area contributed by atoms with E-state index in [4.69, 9.17) is 9.47 Å². The van der Waals surface area contributed by atoms with Crippen LogP contribution in [0.5, 0.6) is 0 Å². The van der Waals surface area contributed by atoms with Crippen LogP contribution in [0, 0.1) is 6.92 Å². The molecule has 0 saturated carbocycles. The molecule has 1 rings (SSSR count). The van der Waals surface area contributed by atoms with Crippen molar-refractivity contribution in [2.75, 3.05) is 32.6 Å². The van der Waals surface area contributed by atoms with E-state index in [0.29, 0.717) is 13.2 Å². The normalized spacial score (nSPS) is 11.0. The van der Waals surface area contributed by atoms with Gasteiger partial charge in [-0.3, -0.25) is 9.59 Å². The molecule has 0 aliphatic carbocycles. The van der Waals surface area contributed by atoms with Gasteiger partial charge >= 0.3 is 5.97 Å². The largest absolute Gasteiger partial charge is 0.456 e. The molecule has 0 saturated heterocycles. The minimum Gasteiger partial charge on any atom is -0.456 e. The van der Waals surface area contributed by atoms with Crippen LogP contribution in [0.3, 0.4) is 0 Å². The second-order valence-corrected chi connectivity index (χ2v) is 6.99. The number of carbonyl (C=O) groups is 2. The molecule has 0 heterocycles. The van der Waals surface area contributed by atoms with Crippen LogP contribution in [0.15, 0.2) is 29.2 Å². The van der Waals surface area contributed by atoms with Crippen molar-refractivity contribution in [2.24, 2.45) is 0 Å². The van der Waals surface area contributed by atoms with Gasteiger partial charge in [0.2, 0.25) is 0 Å². The average molecular weight is 343 g/mol. The van der Waals surface area contributed by atoms with Crippen LogP contribution in [0.1, 0.15) is 12.0 Å². The van der Waals surface area contributed by atoms with Crippen molar-refractivity contribution in [3.8, 4) is 0 Å². The first kappa shape index (κ1) is 19.1. The zero-order valence-electron chi connectivity index (χ0n) is 13.2. The van der Waals surface area contributed by atoms with Gasteiger partial charge in [-0.25, -0.2) is 8.42 Å². The number of amides is 1. The van der Waals surface area contributed by atoms with Crippen molar-refractivity contribution >= 4 is 21.7 Å². The lowest BCUT2D eigenvalue weighted by atomic mass is 10.2. The number of aryl methyl sites for hydroxylation is 1. The van der Waals surface area contributed by atoms with Gasteiger partial charge in [-0.15, -0.1) is 0 Å². The van der Waals surface area contributed by atoms with Gasteiger partial charge in [0.25, 0.3) is 5.91 Å². The third kappa shape index (κ3) is 7.25. The molecule has 0 fully saturated rings. The Morgan fingerprint density at radius 2 is 1.83 bits per heavy atom. The minimum atomic E-state index is -3.55. The van der Waals surface area contributed by atoms with Crippen molar-refractivity contribution in [3.05, 3.63) is 29.8 Å². The van der Waals surface area contributed by atoms with Gasteiger partial charge in [-0.05, 0) is 19.1 Å². The standard InChI is InChI=1S/C15H21NO6S/c1-12-3-5-13(6-4-12)23(19,20)10-7-15(18)22-11-14(17)16-8-9-21-2/h3-6H,7-11H2,1-2H3,(H,16,17). The van der Waals surface area contributed by atoms with Gasteiger partial charge in [-0.1, -0.05) is 17.7 Å². The Labute approximate surface area is 135 Å². The van der Waals surface area contributed by atoms with Crippen molar-refractivity contribution in [1.29, 1.82) is 0 Å². The third-order valence-corrected chi connectivity index (χ3v) is 4.68. The molecule has 0 aliphatic heterocycles. The summed E-state index contributed by atoms with van der Waals surface area (Å²) in [5.41, 5.74) is 0.947. The van der Waals surface area contributed by atoms with Gasteiger partial charge in [-0.2, -0.15) is 0 Å². The molecular weight excluding hydrogens is 322 g/mol. The molecule has 0 spiro atoms. The molecular formula is C15H21NO6S. The Balaban J connectivity index is 2.37. The molecule has 1 N–H and O–H groups in total. The highest BCUT2D eigenvalue weighted by molar-refractivity contribution is 7.91. The predicted molar refractivity (Wildman–Crippen MR) is 83.7 cm³/mol. The number of sulfone groups is 1. The van der Waals surface area contributed by atoms with E-state index in [9.17, 15) is 18.0 Å². The van der Waals surface area contributed by atoms with Gasteiger partial charge < -0.3 is 14.8 Å². The van der Waals surface area contributed by atoms with Crippen LogP contribution < -0.4 is 5.32 Å². The fraction of sp³-hybridized carbons (Fsp3) is 0.467. The maximum absolute atomic E-state index is 12.1. The van der Waals surface area contributed by atoms with Crippen LogP contribution in [-0.4, -0.2) is 52.9 Å². The summed E-state index contributed by atoms with van der Waals surface area (Å²) in [6.45, 7) is 2.09. The van der Waals surface area contributed by atoms with Crippen LogP contribution in [0.25, 0.3) is 0 Å².